The van der Waals surface area contributed by atoms with Crippen molar-refractivity contribution in [3.8, 4) is 0 Å². The predicted octanol–water partition coefficient (Wildman–Crippen LogP) is 4.35. The summed E-state index contributed by atoms with van der Waals surface area (Å²) in [4.78, 5) is 1.24. The second-order valence-corrected chi connectivity index (χ2v) is 9.60. The first-order valence-electron chi connectivity index (χ1n) is 6.87. The van der Waals surface area contributed by atoms with Crippen molar-refractivity contribution in [2.45, 2.75) is 31.1 Å². The maximum absolute atomic E-state index is 13.0. The minimum Gasteiger partial charge on any atom is -0.266 e. The van der Waals surface area contributed by atoms with Crippen molar-refractivity contribution in [3.63, 3.8) is 0 Å². The van der Waals surface area contributed by atoms with Crippen LogP contribution in [0, 0.1) is 6.92 Å². The molecular weight excluding hydrogens is 370 g/mol. The zero-order chi connectivity index (χ0) is 15.0. The van der Waals surface area contributed by atoms with E-state index in [9.17, 15) is 8.42 Å². The molecule has 1 aromatic carbocycles. The number of thiophene rings is 1. The van der Waals surface area contributed by atoms with Crippen LogP contribution in [0.4, 0.5) is 5.69 Å². The lowest BCUT2D eigenvalue weighted by Crippen LogP contribution is -2.32. The van der Waals surface area contributed by atoms with E-state index in [1.165, 1.54) is 11.3 Å². The molecule has 0 saturated heterocycles. The molecule has 0 radical (unpaired) electrons. The van der Waals surface area contributed by atoms with E-state index >= 15 is 0 Å². The Morgan fingerprint density at radius 1 is 1.24 bits per heavy atom. The van der Waals surface area contributed by atoms with E-state index < -0.39 is 10.0 Å². The zero-order valence-electron chi connectivity index (χ0n) is 11.7. The van der Waals surface area contributed by atoms with Crippen LogP contribution in [0.3, 0.4) is 0 Å². The molecule has 21 heavy (non-hydrogen) atoms. The van der Waals surface area contributed by atoms with Gasteiger partial charge in [-0.3, -0.25) is 4.31 Å². The number of sulfonamides is 1. The third-order valence-electron chi connectivity index (χ3n) is 3.73. The molecule has 0 atom stereocenters. The normalized spacial score (nSPS) is 15.6. The van der Waals surface area contributed by atoms with Gasteiger partial charge in [-0.05, 0) is 59.8 Å². The molecule has 0 aliphatic carbocycles. The lowest BCUT2D eigenvalue weighted by atomic mass is 10.1. The van der Waals surface area contributed by atoms with E-state index in [0.29, 0.717) is 11.4 Å². The lowest BCUT2D eigenvalue weighted by molar-refractivity contribution is 0.589. The summed E-state index contributed by atoms with van der Waals surface area (Å²) in [5.41, 5.74) is 1.95. The third kappa shape index (κ3) is 2.76. The molecule has 1 aliphatic heterocycles. The minimum atomic E-state index is -3.49. The van der Waals surface area contributed by atoms with E-state index in [4.69, 9.17) is 0 Å². The highest BCUT2D eigenvalue weighted by Gasteiger charge is 2.30. The quantitative estimate of drug-likeness (QED) is 0.770. The second kappa shape index (κ2) is 5.74. The SMILES string of the molecule is Cc1sc(Br)cc1S(=O)(=O)N1CCCCc2ccccc21. The Balaban J connectivity index is 2.13. The summed E-state index contributed by atoms with van der Waals surface area (Å²) >= 11 is 4.84. The molecule has 2 aromatic rings. The highest BCUT2D eigenvalue weighted by molar-refractivity contribution is 9.11. The smallest absolute Gasteiger partial charge is 0.265 e. The van der Waals surface area contributed by atoms with Crippen LogP contribution in [0.2, 0.25) is 0 Å². The number of halogens is 1. The van der Waals surface area contributed by atoms with Gasteiger partial charge >= 0.3 is 0 Å². The largest absolute Gasteiger partial charge is 0.266 e. The van der Waals surface area contributed by atoms with Crippen molar-refractivity contribution in [2.24, 2.45) is 0 Å². The van der Waals surface area contributed by atoms with Crippen LogP contribution in [0.25, 0.3) is 0 Å². The average Bonchev–Trinajstić information content (AvgIpc) is 2.68. The fourth-order valence-corrected chi connectivity index (χ4v) is 6.64. The second-order valence-electron chi connectivity index (χ2n) is 5.13. The van der Waals surface area contributed by atoms with Crippen molar-refractivity contribution in [2.75, 3.05) is 10.8 Å². The van der Waals surface area contributed by atoms with E-state index in [0.717, 1.165) is 39.2 Å². The number of anilines is 1. The Bertz CT molecular complexity index is 768. The molecule has 112 valence electrons. The molecule has 2 heterocycles. The van der Waals surface area contributed by atoms with Gasteiger partial charge in [0, 0.05) is 11.4 Å². The van der Waals surface area contributed by atoms with Gasteiger partial charge in [0.2, 0.25) is 0 Å². The molecule has 1 aromatic heterocycles. The summed E-state index contributed by atoms with van der Waals surface area (Å²) in [5, 5.41) is 0. The number of para-hydroxylation sites is 1. The first-order valence-corrected chi connectivity index (χ1v) is 9.91. The fraction of sp³-hybridized carbons (Fsp3) is 0.333. The van der Waals surface area contributed by atoms with Gasteiger partial charge in [-0.15, -0.1) is 11.3 Å². The minimum absolute atomic E-state index is 0.413. The van der Waals surface area contributed by atoms with Gasteiger partial charge in [-0.25, -0.2) is 8.42 Å². The van der Waals surface area contributed by atoms with E-state index in [1.54, 1.807) is 10.4 Å². The van der Waals surface area contributed by atoms with Gasteiger partial charge in [0.25, 0.3) is 10.0 Å². The van der Waals surface area contributed by atoms with Crippen LogP contribution in [-0.2, 0) is 16.4 Å². The maximum Gasteiger partial charge on any atom is 0.265 e. The summed E-state index contributed by atoms with van der Waals surface area (Å²) in [5.74, 6) is 0. The van der Waals surface area contributed by atoms with Gasteiger partial charge in [-0.2, -0.15) is 0 Å². The number of hydrogen-bond acceptors (Lipinski definition) is 3. The molecule has 0 saturated carbocycles. The highest BCUT2D eigenvalue weighted by atomic mass is 79.9. The Hall–Kier alpha value is -0.850. The summed E-state index contributed by atoms with van der Waals surface area (Å²) in [7, 11) is -3.49. The van der Waals surface area contributed by atoms with E-state index in [2.05, 4.69) is 15.9 Å². The molecular formula is C15H16BrNO2S2. The summed E-state index contributed by atoms with van der Waals surface area (Å²) < 4.78 is 28.5. The van der Waals surface area contributed by atoms with Crippen LogP contribution in [0.15, 0.2) is 39.0 Å². The van der Waals surface area contributed by atoms with Crippen LogP contribution < -0.4 is 4.31 Å². The molecule has 0 unspecified atom stereocenters. The first kappa shape index (κ1) is 15.1. The number of nitrogens with zero attached hydrogens (tertiary/aromatic N) is 1. The Morgan fingerprint density at radius 2 is 2.00 bits per heavy atom. The monoisotopic (exact) mass is 385 g/mol. The molecule has 1 aliphatic rings. The van der Waals surface area contributed by atoms with Crippen LogP contribution in [0.5, 0.6) is 0 Å². The standard InChI is InChI=1S/C15H16BrNO2S2/c1-11-14(10-15(16)20-11)21(18,19)17-9-5-4-7-12-6-2-3-8-13(12)17/h2-3,6,8,10H,4-5,7,9H2,1H3. The summed E-state index contributed by atoms with van der Waals surface area (Å²) in [6.07, 6.45) is 2.85. The Kier molecular flexibility index (Phi) is 4.12. The van der Waals surface area contributed by atoms with Crippen molar-refractivity contribution in [3.05, 3.63) is 44.6 Å². The van der Waals surface area contributed by atoms with Crippen LogP contribution >= 0.6 is 27.3 Å². The molecule has 0 fully saturated rings. The predicted molar refractivity (Wildman–Crippen MR) is 90.7 cm³/mol. The molecule has 6 heteroatoms. The van der Waals surface area contributed by atoms with Gasteiger partial charge in [0.1, 0.15) is 4.90 Å². The molecule has 0 amide bonds. The summed E-state index contributed by atoms with van der Waals surface area (Å²) in [6.45, 7) is 2.40. The average molecular weight is 386 g/mol. The molecule has 0 bridgehead atoms. The number of aryl methyl sites for hydroxylation is 2. The number of hydrogen-bond donors (Lipinski definition) is 0. The van der Waals surface area contributed by atoms with Crippen molar-refractivity contribution >= 4 is 43.0 Å². The zero-order valence-corrected chi connectivity index (χ0v) is 14.9. The molecule has 3 rings (SSSR count). The fourth-order valence-electron chi connectivity index (χ4n) is 2.71. The van der Waals surface area contributed by atoms with Crippen LogP contribution in [-0.4, -0.2) is 15.0 Å². The molecule has 0 spiro atoms. The Morgan fingerprint density at radius 3 is 2.71 bits per heavy atom. The van der Waals surface area contributed by atoms with Gasteiger partial charge in [0.15, 0.2) is 0 Å². The molecule has 0 N–H and O–H groups in total. The number of rotatable bonds is 2. The van der Waals surface area contributed by atoms with Crippen molar-refractivity contribution < 1.29 is 8.42 Å². The van der Waals surface area contributed by atoms with Crippen LogP contribution in [0.1, 0.15) is 23.3 Å². The van der Waals surface area contributed by atoms with Crippen molar-refractivity contribution in [1.82, 2.24) is 0 Å². The number of fused-ring (bicyclic) bond motifs is 1. The van der Waals surface area contributed by atoms with Gasteiger partial charge < -0.3 is 0 Å². The topological polar surface area (TPSA) is 37.4 Å². The highest BCUT2D eigenvalue weighted by Crippen LogP contribution is 2.36. The van der Waals surface area contributed by atoms with E-state index in [-0.39, 0.29) is 0 Å². The maximum atomic E-state index is 13.0. The van der Waals surface area contributed by atoms with Gasteiger partial charge in [-0.1, -0.05) is 18.2 Å². The Labute approximate surface area is 137 Å². The first-order chi connectivity index (χ1) is 10.00. The lowest BCUT2D eigenvalue weighted by Gasteiger charge is -2.24. The number of benzene rings is 1. The summed E-state index contributed by atoms with van der Waals surface area (Å²) in [6, 6.07) is 9.53. The van der Waals surface area contributed by atoms with E-state index in [1.807, 2.05) is 31.2 Å². The van der Waals surface area contributed by atoms with Gasteiger partial charge in [0.05, 0.1) is 9.47 Å². The van der Waals surface area contributed by atoms with Crippen molar-refractivity contribution in [1.29, 1.82) is 0 Å². The third-order valence-corrected chi connectivity index (χ3v) is 7.35. The molecule has 3 nitrogen and oxygen atoms in total.